The van der Waals surface area contributed by atoms with E-state index in [0.717, 1.165) is 6.07 Å². The average molecular weight is 223 g/mol. The lowest BCUT2D eigenvalue weighted by Gasteiger charge is -2.12. The highest BCUT2D eigenvalue weighted by Gasteiger charge is 2.36. The van der Waals surface area contributed by atoms with Crippen LogP contribution >= 0.6 is 0 Å². The Hall–Kier alpha value is -1.26. The molecule has 0 aromatic heterocycles. The zero-order valence-corrected chi connectivity index (χ0v) is 8.74. The maximum absolute atomic E-state index is 12.8. The van der Waals surface area contributed by atoms with Gasteiger partial charge in [0.25, 0.3) is 0 Å². The fourth-order valence-electron chi connectivity index (χ4n) is 1.02. The summed E-state index contributed by atoms with van der Waals surface area (Å²) >= 11 is 0. The van der Waals surface area contributed by atoms with Crippen molar-refractivity contribution in [3.8, 4) is 0 Å². The molecule has 1 aromatic carbocycles. The molecule has 0 radical (unpaired) electrons. The molecule has 86 valence electrons. The van der Waals surface area contributed by atoms with Gasteiger partial charge < -0.3 is 5.32 Å². The maximum atomic E-state index is 12.8. The summed E-state index contributed by atoms with van der Waals surface area (Å²) in [6.45, 7) is 4.00. The molecular formula is C10H13F4N. The van der Waals surface area contributed by atoms with E-state index in [1.165, 1.54) is 19.2 Å². The van der Waals surface area contributed by atoms with Crippen LogP contribution in [0.3, 0.4) is 0 Å². The SMILES string of the molecule is CC.CNc1cccc(F)c1C(F)(F)F. The Labute approximate surface area is 86.1 Å². The minimum atomic E-state index is -4.66. The fraction of sp³-hybridized carbons (Fsp3) is 0.400. The highest BCUT2D eigenvalue weighted by molar-refractivity contribution is 5.52. The zero-order valence-electron chi connectivity index (χ0n) is 8.74. The summed E-state index contributed by atoms with van der Waals surface area (Å²) in [7, 11) is 1.31. The molecule has 5 heteroatoms. The van der Waals surface area contributed by atoms with Crippen molar-refractivity contribution in [1.82, 2.24) is 0 Å². The first-order valence-electron chi connectivity index (χ1n) is 4.50. The standard InChI is InChI=1S/C8H7F4N.C2H6/c1-13-6-4-2-3-5(9)7(6)8(10,11)12;1-2/h2-4,13H,1H3;1-2H3. The van der Waals surface area contributed by atoms with Gasteiger partial charge >= 0.3 is 6.18 Å². The maximum Gasteiger partial charge on any atom is 0.421 e. The van der Waals surface area contributed by atoms with E-state index >= 15 is 0 Å². The predicted molar refractivity (Wildman–Crippen MR) is 52.3 cm³/mol. The number of hydrogen-bond donors (Lipinski definition) is 1. The van der Waals surface area contributed by atoms with Crippen molar-refractivity contribution in [2.45, 2.75) is 20.0 Å². The number of benzene rings is 1. The van der Waals surface area contributed by atoms with Crippen molar-refractivity contribution in [3.63, 3.8) is 0 Å². The molecule has 0 aliphatic carbocycles. The number of halogens is 4. The third kappa shape index (κ3) is 3.42. The minimum absolute atomic E-state index is 0.257. The Morgan fingerprint density at radius 2 is 1.67 bits per heavy atom. The van der Waals surface area contributed by atoms with E-state index in [2.05, 4.69) is 5.32 Å². The van der Waals surface area contributed by atoms with Crippen LogP contribution in [-0.2, 0) is 6.18 Å². The zero-order chi connectivity index (χ0) is 12.1. The lowest BCUT2D eigenvalue weighted by Crippen LogP contribution is -2.11. The summed E-state index contributed by atoms with van der Waals surface area (Å²) in [5, 5.41) is 2.28. The first-order chi connectivity index (χ1) is 6.96. The average Bonchev–Trinajstić information content (AvgIpc) is 2.18. The van der Waals surface area contributed by atoms with Gasteiger partial charge in [-0.25, -0.2) is 4.39 Å². The molecule has 0 bridgehead atoms. The second-order valence-corrected chi connectivity index (χ2v) is 2.41. The van der Waals surface area contributed by atoms with Crippen LogP contribution in [-0.4, -0.2) is 7.05 Å². The van der Waals surface area contributed by atoms with Crippen LogP contribution in [0.15, 0.2) is 18.2 Å². The lowest BCUT2D eigenvalue weighted by atomic mass is 10.1. The number of alkyl halides is 3. The highest BCUT2D eigenvalue weighted by Crippen LogP contribution is 2.36. The van der Waals surface area contributed by atoms with Gasteiger partial charge in [0.1, 0.15) is 11.4 Å². The molecule has 0 heterocycles. The molecule has 0 saturated heterocycles. The normalized spacial score (nSPS) is 10.3. The smallest absolute Gasteiger partial charge is 0.388 e. The van der Waals surface area contributed by atoms with Crippen LogP contribution < -0.4 is 5.32 Å². The third-order valence-corrected chi connectivity index (χ3v) is 1.57. The van der Waals surface area contributed by atoms with Crippen molar-refractivity contribution in [2.24, 2.45) is 0 Å². The molecule has 0 aliphatic heterocycles. The van der Waals surface area contributed by atoms with E-state index in [4.69, 9.17) is 0 Å². The van der Waals surface area contributed by atoms with Crippen LogP contribution in [0.1, 0.15) is 19.4 Å². The van der Waals surface area contributed by atoms with Gasteiger partial charge in [0.2, 0.25) is 0 Å². The second kappa shape index (κ2) is 5.58. The number of rotatable bonds is 1. The fourth-order valence-corrected chi connectivity index (χ4v) is 1.02. The summed E-state index contributed by atoms with van der Waals surface area (Å²) in [6, 6.07) is 3.17. The van der Waals surface area contributed by atoms with Gasteiger partial charge in [0, 0.05) is 12.7 Å². The molecule has 1 N–H and O–H groups in total. The summed E-state index contributed by atoms with van der Waals surface area (Å²) in [5.74, 6) is -1.26. The summed E-state index contributed by atoms with van der Waals surface area (Å²) < 4.78 is 49.4. The monoisotopic (exact) mass is 223 g/mol. The molecule has 1 nitrogen and oxygen atoms in total. The van der Waals surface area contributed by atoms with Gasteiger partial charge in [0.05, 0.1) is 0 Å². The molecule has 0 unspecified atom stereocenters. The Kier molecular flexibility index (Phi) is 5.11. The predicted octanol–water partition coefficient (Wildman–Crippen LogP) is 3.91. The molecule has 0 spiro atoms. The third-order valence-electron chi connectivity index (χ3n) is 1.57. The molecule has 1 rings (SSSR count). The van der Waals surface area contributed by atoms with Crippen LogP contribution in [0.2, 0.25) is 0 Å². The van der Waals surface area contributed by atoms with E-state index in [1.54, 1.807) is 0 Å². The molecule has 15 heavy (non-hydrogen) atoms. The Bertz CT molecular complexity index is 307. The molecule has 0 saturated carbocycles. The summed E-state index contributed by atoms with van der Waals surface area (Å²) in [4.78, 5) is 0. The molecule has 0 atom stereocenters. The topological polar surface area (TPSA) is 12.0 Å². The number of hydrogen-bond acceptors (Lipinski definition) is 1. The van der Waals surface area contributed by atoms with Crippen molar-refractivity contribution in [1.29, 1.82) is 0 Å². The van der Waals surface area contributed by atoms with Crippen LogP contribution in [0.4, 0.5) is 23.2 Å². The largest absolute Gasteiger partial charge is 0.421 e. The van der Waals surface area contributed by atoms with E-state index in [0.29, 0.717) is 0 Å². The van der Waals surface area contributed by atoms with E-state index < -0.39 is 17.6 Å². The van der Waals surface area contributed by atoms with Gasteiger partial charge in [0.15, 0.2) is 0 Å². The highest BCUT2D eigenvalue weighted by atomic mass is 19.4. The van der Waals surface area contributed by atoms with Crippen molar-refractivity contribution in [3.05, 3.63) is 29.6 Å². The molecule has 0 aliphatic rings. The quantitative estimate of drug-likeness (QED) is 0.711. The Balaban J connectivity index is 0.000000921. The van der Waals surface area contributed by atoms with Crippen molar-refractivity contribution < 1.29 is 17.6 Å². The van der Waals surface area contributed by atoms with Gasteiger partial charge in [-0.15, -0.1) is 0 Å². The lowest BCUT2D eigenvalue weighted by molar-refractivity contribution is -0.139. The Morgan fingerprint density at radius 1 is 1.13 bits per heavy atom. The minimum Gasteiger partial charge on any atom is -0.388 e. The Morgan fingerprint density at radius 3 is 2.00 bits per heavy atom. The van der Waals surface area contributed by atoms with Crippen molar-refractivity contribution in [2.75, 3.05) is 12.4 Å². The van der Waals surface area contributed by atoms with Crippen LogP contribution in [0.25, 0.3) is 0 Å². The van der Waals surface area contributed by atoms with Gasteiger partial charge in [-0.1, -0.05) is 19.9 Å². The van der Waals surface area contributed by atoms with Crippen LogP contribution in [0, 0.1) is 5.82 Å². The first-order valence-corrected chi connectivity index (χ1v) is 4.50. The van der Waals surface area contributed by atoms with Gasteiger partial charge in [-0.2, -0.15) is 13.2 Å². The number of anilines is 1. The molecule has 0 fully saturated rings. The first kappa shape index (κ1) is 13.7. The van der Waals surface area contributed by atoms with Crippen LogP contribution in [0.5, 0.6) is 0 Å². The molecular weight excluding hydrogens is 210 g/mol. The summed E-state index contributed by atoms with van der Waals surface area (Å²) in [6.07, 6.45) is -4.66. The molecule has 1 aromatic rings. The van der Waals surface area contributed by atoms with Gasteiger partial charge in [-0.05, 0) is 12.1 Å². The number of nitrogens with one attached hydrogen (secondary N) is 1. The van der Waals surface area contributed by atoms with E-state index in [9.17, 15) is 17.6 Å². The van der Waals surface area contributed by atoms with Crippen molar-refractivity contribution >= 4 is 5.69 Å². The summed E-state index contributed by atoms with van der Waals surface area (Å²) in [5.41, 5.74) is -1.51. The van der Waals surface area contributed by atoms with E-state index in [-0.39, 0.29) is 5.69 Å². The second-order valence-electron chi connectivity index (χ2n) is 2.41. The molecule has 0 amide bonds. The van der Waals surface area contributed by atoms with E-state index in [1.807, 2.05) is 13.8 Å². The van der Waals surface area contributed by atoms with Gasteiger partial charge in [-0.3, -0.25) is 0 Å².